The van der Waals surface area contributed by atoms with Crippen LogP contribution in [0.2, 0.25) is 0 Å². The molecule has 2 aliphatic rings. The molecule has 0 radical (unpaired) electrons. The van der Waals surface area contributed by atoms with Crippen molar-refractivity contribution < 1.29 is 49.6 Å². The summed E-state index contributed by atoms with van der Waals surface area (Å²) in [5, 5.41) is 58.8. The van der Waals surface area contributed by atoms with Crippen molar-refractivity contribution in [3.8, 4) is 0 Å². The van der Waals surface area contributed by atoms with Gasteiger partial charge in [-0.1, -0.05) is 0 Å². The molecule has 2 fully saturated rings. The van der Waals surface area contributed by atoms with Crippen molar-refractivity contribution in [1.82, 2.24) is 0 Å². The highest BCUT2D eigenvalue weighted by Gasteiger charge is 2.49. The Bertz CT molecular complexity index is 399. The second-order valence-corrected chi connectivity index (χ2v) is 5.89. The monoisotopic (exact) mass is 355 g/mol. The molecular formula is C13H25NO10. The molecule has 142 valence electrons. The first-order chi connectivity index (χ1) is 11.3. The van der Waals surface area contributed by atoms with Gasteiger partial charge in [-0.2, -0.15) is 0 Å². The lowest BCUT2D eigenvalue weighted by atomic mass is 9.96. The van der Waals surface area contributed by atoms with E-state index in [1.54, 1.807) is 0 Å². The molecule has 2 heterocycles. The van der Waals surface area contributed by atoms with E-state index in [9.17, 15) is 30.6 Å². The average molecular weight is 355 g/mol. The number of hydrogen-bond donors (Lipinski definition) is 7. The minimum atomic E-state index is -1.62. The zero-order chi connectivity index (χ0) is 18.0. The van der Waals surface area contributed by atoms with Gasteiger partial charge in [-0.15, -0.1) is 0 Å². The van der Waals surface area contributed by atoms with E-state index in [0.717, 1.165) is 0 Å². The third kappa shape index (κ3) is 3.86. The number of rotatable bonds is 5. The maximum Gasteiger partial charge on any atom is 0.187 e. The van der Waals surface area contributed by atoms with Gasteiger partial charge in [-0.3, -0.25) is 0 Å². The van der Waals surface area contributed by atoms with Gasteiger partial charge in [0.2, 0.25) is 0 Å². The second kappa shape index (κ2) is 8.29. The molecule has 2 saturated heterocycles. The number of ether oxygens (including phenoxy) is 4. The van der Waals surface area contributed by atoms with E-state index in [1.165, 1.54) is 7.11 Å². The third-order valence-electron chi connectivity index (χ3n) is 4.21. The SMILES string of the molecule is COC[C@H]1O[C@H](O[C@H]2[C@H](O)[C@@H](N)[C@@H](O)O[C@@H]2CO)[C@@H](O)[C@@H](O)[C@@H]1O. The molecule has 0 unspecified atom stereocenters. The molecule has 0 aromatic carbocycles. The van der Waals surface area contributed by atoms with Crippen LogP contribution < -0.4 is 5.73 Å². The summed E-state index contributed by atoms with van der Waals surface area (Å²) in [5.41, 5.74) is 5.59. The van der Waals surface area contributed by atoms with Gasteiger partial charge in [0.05, 0.1) is 19.3 Å². The van der Waals surface area contributed by atoms with Gasteiger partial charge in [-0.25, -0.2) is 0 Å². The summed E-state index contributed by atoms with van der Waals surface area (Å²) in [4.78, 5) is 0. The number of aliphatic hydroxyl groups is 6. The minimum Gasteiger partial charge on any atom is -0.394 e. The van der Waals surface area contributed by atoms with Crippen LogP contribution in [0.1, 0.15) is 0 Å². The van der Waals surface area contributed by atoms with Crippen molar-refractivity contribution in [2.75, 3.05) is 20.3 Å². The molecule has 24 heavy (non-hydrogen) atoms. The van der Waals surface area contributed by atoms with E-state index in [2.05, 4.69) is 0 Å². The van der Waals surface area contributed by atoms with Crippen LogP contribution in [0.3, 0.4) is 0 Å². The zero-order valence-electron chi connectivity index (χ0n) is 13.1. The van der Waals surface area contributed by atoms with Gasteiger partial charge in [0.25, 0.3) is 0 Å². The number of aliphatic hydroxyl groups excluding tert-OH is 6. The average Bonchev–Trinajstić information content (AvgIpc) is 2.57. The lowest BCUT2D eigenvalue weighted by Crippen LogP contribution is -2.66. The summed E-state index contributed by atoms with van der Waals surface area (Å²) in [7, 11) is 1.37. The van der Waals surface area contributed by atoms with Crippen LogP contribution in [0.15, 0.2) is 0 Å². The molecule has 0 aromatic rings. The highest BCUT2D eigenvalue weighted by atomic mass is 16.7. The van der Waals surface area contributed by atoms with Gasteiger partial charge < -0.3 is 55.3 Å². The van der Waals surface area contributed by atoms with Gasteiger partial charge in [0.15, 0.2) is 12.6 Å². The molecule has 0 aliphatic carbocycles. The molecule has 0 bridgehead atoms. The fourth-order valence-corrected chi connectivity index (χ4v) is 2.76. The van der Waals surface area contributed by atoms with E-state index in [1.807, 2.05) is 0 Å². The Morgan fingerprint density at radius 3 is 2.17 bits per heavy atom. The summed E-state index contributed by atoms with van der Waals surface area (Å²) >= 11 is 0. The molecule has 0 saturated carbocycles. The van der Waals surface area contributed by atoms with Crippen molar-refractivity contribution >= 4 is 0 Å². The predicted molar refractivity (Wildman–Crippen MR) is 75.4 cm³/mol. The lowest BCUT2D eigenvalue weighted by Gasteiger charge is -2.45. The van der Waals surface area contributed by atoms with Crippen LogP contribution in [-0.2, 0) is 18.9 Å². The predicted octanol–water partition coefficient (Wildman–Crippen LogP) is -4.78. The standard InChI is InChI=1S/C13H25NO10/c1-21-3-5-7(16)9(18)10(19)13(23-5)24-11-4(2-15)22-12(20)6(14)8(11)17/h4-13,15-20H,2-3,14H2,1H3/t4-,5-,6-,7-,8-,9+,10+,11-,12+,13-/m1/s1. The molecule has 11 nitrogen and oxygen atoms in total. The summed E-state index contributed by atoms with van der Waals surface area (Å²) in [6.07, 6.45) is -12.3. The summed E-state index contributed by atoms with van der Waals surface area (Å²) in [6.45, 7) is -0.669. The van der Waals surface area contributed by atoms with E-state index < -0.39 is 68.0 Å². The first kappa shape index (κ1) is 19.9. The molecular weight excluding hydrogens is 330 g/mol. The van der Waals surface area contributed by atoms with E-state index in [4.69, 9.17) is 24.7 Å². The van der Waals surface area contributed by atoms with Crippen LogP contribution in [0.25, 0.3) is 0 Å². The molecule has 0 amide bonds. The molecule has 10 atom stereocenters. The summed E-state index contributed by atoms with van der Waals surface area (Å²) in [5.74, 6) is 0. The Morgan fingerprint density at radius 2 is 1.58 bits per heavy atom. The fourth-order valence-electron chi connectivity index (χ4n) is 2.76. The van der Waals surface area contributed by atoms with E-state index in [0.29, 0.717) is 0 Å². The van der Waals surface area contributed by atoms with Crippen LogP contribution in [0.5, 0.6) is 0 Å². The van der Waals surface area contributed by atoms with Gasteiger partial charge in [0.1, 0.15) is 42.7 Å². The Kier molecular flexibility index (Phi) is 6.87. The first-order valence-electron chi connectivity index (χ1n) is 7.53. The third-order valence-corrected chi connectivity index (χ3v) is 4.21. The van der Waals surface area contributed by atoms with Gasteiger partial charge in [-0.05, 0) is 0 Å². The lowest BCUT2D eigenvalue weighted by molar-refractivity contribution is -0.344. The Morgan fingerprint density at radius 1 is 0.917 bits per heavy atom. The van der Waals surface area contributed by atoms with Crippen molar-refractivity contribution in [3.05, 3.63) is 0 Å². The van der Waals surface area contributed by atoms with Crippen LogP contribution >= 0.6 is 0 Å². The second-order valence-electron chi connectivity index (χ2n) is 5.89. The normalized spacial score (nSPS) is 50.0. The van der Waals surface area contributed by atoms with Crippen LogP contribution in [0, 0.1) is 0 Å². The molecule has 8 N–H and O–H groups in total. The minimum absolute atomic E-state index is 0.0732. The van der Waals surface area contributed by atoms with Crippen molar-refractivity contribution in [1.29, 1.82) is 0 Å². The topological polar surface area (TPSA) is 184 Å². The smallest absolute Gasteiger partial charge is 0.187 e. The number of methoxy groups -OCH3 is 1. The fraction of sp³-hybridized carbons (Fsp3) is 1.00. The van der Waals surface area contributed by atoms with Crippen molar-refractivity contribution in [2.45, 2.75) is 61.3 Å². The highest BCUT2D eigenvalue weighted by Crippen LogP contribution is 2.28. The van der Waals surface area contributed by atoms with Crippen molar-refractivity contribution in [3.63, 3.8) is 0 Å². The molecule has 0 aromatic heterocycles. The maximum absolute atomic E-state index is 10.1. The van der Waals surface area contributed by atoms with E-state index in [-0.39, 0.29) is 6.61 Å². The number of hydrogen-bond acceptors (Lipinski definition) is 11. The highest BCUT2D eigenvalue weighted by molar-refractivity contribution is 4.95. The Balaban J connectivity index is 2.11. The summed E-state index contributed by atoms with van der Waals surface area (Å²) in [6, 6.07) is -1.20. The van der Waals surface area contributed by atoms with Crippen LogP contribution in [0.4, 0.5) is 0 Å². The molecule has 2 rings (SSSR count). The molecule has 2 aliphatic heterocycles. The van der Waals surface area contributed by atoms with Crippen LogP contribution in [-0.4, -0.2) is 112 Å². The quantitative estimate of drug-likeness (QED) is 0.251. The zero-order valence-corrected chi connectivity index (χ0v) is 13.1. The number of nitrogens with two attached hydrogens (primary N) is 1. The van der Waals surface area contributed by atoms with Gasteiger partial charge >= 0.3 is 0 Å². The van der Waals surface area contributed by atoms with E-state index >= 15 is 0 Å². The maximum atomic E-state index is 10.1. The Hall–Kier alpha value is -0.440. The molecule has 0 spiro atoms. The Labute approximate surface area is 138 Å². The van der Waals surface area contributed by atoms with Crippen molar-refractivity contribution in [2.24, 2.45) is 5.73 Å². The molecule has 11 heteroatoms. The first-order valence-corrected chi connectivity index (χ1v) is 7.53. The largest absolute Gasteiger partial charge is 0.394 e. The summed E-state index contributed by atoms with van der Waals surface area (Å²) < 4.78 is 20.7. The van der Waals surface area contributed by atoms with Gasteiger partial charge in [0, 0.05) is 7.11 Å².